The molecule has 0 bridgehead atoms. The molecule has 3 rings (SSSR count). The number of carboxylic acids is 1. The van der Waals surface area contributed by atoms with E-state index < -0.39 is 11.9 Å². The molecule has 1 aromatic heterocycles. The minimum absolute atomic E-state index is 0.134. The van der Waals surface area contributed by atoms with Crippen LogP contribution in [0.1, 0.15) is 23.2 Å². The van der Waals surface area contributed by atoms with Gasteiger partial charge in [0.05, 0.1) is 11.5 Å². The fraction of sp³-hybridized carbons (Fsp3) is 0.312. The Kier molecular flexibility index (Phi) is 3.56. The van der Waals surface area contributed by atoms with Gasteiger partial charge in [-0.05, 0) is 18.2 Å². The summed E-state index contributed by atoms with van der Waals surface area (Å²) in [7, 11) is 0. The van der Waals surface area contributed by atoms with Crippen LogP contribution in [-0.4, -0.2) is 40.0 Å². The summed E-state index contributed by atoms with van der Waals surface area (Å²) in [4.78, 5) is 29.5. The Bertz CT molecular complexity index is 693. The van der Waals surface area contributed by atoms with Crippen molar-refractivity contribution in [3.8, 4) is 0 Å². The molecule has 0 radical (unpaired) electrons. The number of pyridine rings is 1. The lowest BCUT2D eigenvalue weighted by molar-refractivity contribution is -0.143. The number of carbonyl (C=O) groups excluding carboxylic acids is 1. The number of amides is 1. The van der Waals surface area contributed by atoms with Gasteiger partial charge < -0.3 is 10.0 Å². The summed E-state index contributed by atoms with van der Waals surface area (Å²) in [5, 5.41) is 10.9. The van der Waals surface area contributed by atoms with Gasteiger partial charge in [0.25, 0.3) is 5.91 Å². The molecule has 1 aliphatic rings. The third-order valence-corrected chi connectivity index (χ3v) is 3.96. The van der Waals surface area contributed by atoms with Crippen molar-refractivity contribution >= 4 is 22.6 Å². The second kappa shape index (κ2) is 5.52. The number of hydrogen-bond donors (Lipinski definition) is 1. The number of hydrogen-bond acceptors (Lipinski definition) is 3. The molecule has 5 heteroatoms. The quantitative estimate of drug-likeness (QED) is 0.917. The number of aromatic nitrogens is 1. The highest BCUT2D eigenvalue weighted by Crippen LogP contribution is 2.22. The molecule has 2 aromatic rings. The third kappa shape index (κ3) is 2.59. The van der Waals surface area contributed by atoms with Crippen LogP contribution in [0.5, 0.6) is 0 Å². The molecule has 1 atom stereocenters. The highest BCUT2D eigenvalue weighted by atomic mass is 16.4. The van der Waals surface area contributed by atoms with E-state index in [9.17, 15) is 9.59 Å². The average Bonchev–Trinajstić information content (AvgIpc) is 2.53. The number of fused-ring (bicyclic) bond motifs is 1. The van der Waals surface area contributed by atoms with E-state index in [4.69, 9.17) is 5.11 Å². The van der Waals surface area contributed by atoms with E-state index in [2.05, 4.69) is 4.98 Å². The maximum atomic E-state index is 12.7. The SMILES string of the molecule is O=C(O)[C@H]1CCCN(C(=O)c2cncc3ccccc23)C1. The Morgan fingerprint density at radius 2 is 2.05 bits per heavy atom. The smallest absolute Gasteiger partial charge is 0.308 e. The Morgan fingerprint density at radius 1 is 1.24 bits per heavy atom. The van der Waals surface area contributed by atoms with Gasteiger partial charge in [-0.2, -0.15) is 0 Å². The second-order valence-corrected chi connectivity index (χ2v) is 5.34. The standard InChI is InChI=1S/C16H16N2O3/c19-15(18-7-3-5-12(10-18)16(20)21)14-9-17-8-11-4-1-2-6-13(11)14/h1-2,4,6,8-9,12H,3,5,7,10H2,(H,20,21)/t12-/m0/s1. The minimum atomic E-state index is -0.830. The summed E-state index contributed by atoms with van der Waals surface area (Å²) in [6.45, 7) is 0.878. The maximum absolute atomic E-state index is 12.7. The summed E-state index contributed by atoms with van der Waals surface area (Å²) in [5.41, 5.74) is 0.541. The second-order valence-electron chi connectivity index (χ2n) is 5.34. The van der Waals surface area contributed by atoms with Crippen LogP contribution in [0, 0.1) is 5.92 Å². The van der Waals surface area contributed by atoms with Crippen molar-refractivity contribution < 1.29 is 14.7 Å². The fourth-order valence-electron chi connectivity index (χ4n) is 2.82. The molecule has 21 heavy (non-hydrogen) atoms. The molecule has 1 N–H and O–H groups in total. The number of benzene rings is 1. The highest BCUT2D eigenvalue weighted by Gasteiger charge is 2.29. The van der Waals surface area contributed by atoms with Crippen LogP contribution in [-0.2, 0) is 4.79 Å². The van der Waals surface area contributed by atoms with E-state index >= 15 is 0 Å². The van der Waals surface area contributed by atoms with E-state index in [0.29, 0.717) is 18.5 Å². The van der Waals surface area contributed by atoms with E-state index in [0.717, 1.165) is 17.2 Å². The molecule has 0 saturated carbocycles. The van der Waals surface area contributed by atoms with E-state index in [1.807, 2.05) is 24.3 Å². The molecule has 1 aromatic carbocycles. The molecular formula is C16H16N2O3. The van der Waals surface area contributed by atoms with Crippen molar-refractivity contribution in [2.45, 2.75) is 12.8 Å². The number of rotatable bonds is 2. The van der Waals surface area contributed by atoms with Gasteiger partial charge in [-0.1, -0.05) is 24.3 Å². The largest absolute Gasteiger partial charge is 0.481 e. The predicted molar refractivity (Wildman–Crippen MR) is 78.0 cm³/mol. The number of nitrogens with zero attached hydrogens (tertiary/aromatic N) is 2. The first kappa shape index (κ1) is 13.5. The first-order chi connectivity index (χ1) is 10.2. The zero-order valence-electron chi connectivity index (χ0n) is 11.5. The van der Waals surface area contributed by atoms with Crippen LogP contribution < -0.4 is 0 Å². The molecule has 108 valence electrons. The zero-order chi connectivity index (χ0) is 14.8. The first-order valence-electron chi connectivity index (χ1n) is 7.01. The van der Waals surface area contributed by atoms with Crippen molar-refractivity contribution in [2.24, 2.45) is 5.92 Å². The highest BCUT2D eigenvalue weighted by molar-refractivity contribution is 6.06. The van der Waals surface area contributed by atoms with Crippen LogP contribution in [0.25, 0.3) is 10.8 Å². The number of likely N-dealkylation sites (tertiary alicyclic amines) is 1. The zero-order valence-corrected chi connectivity index (χ0v) is 11.5. The van der Waals surface area contributed by atoms with Crippen LogP contribution in [0.2, 0.25) is 0 Å². The molecule has 0 aliphatic carbocycles. The minimum Gasteiger partial charge on any atom is -0.481 e. The van der Waals surface area contributed by atoms with Gasteiger partial charge in [0, 0.05) is 30.9 Å². The molecule has 1 saturated heterocycles. The van der Waals surface area contributed by atoms with Crippen LogP contribution in [0.4, 0.5) is 0 Å². The number of aliphatic carboxylic acids is 1. The maximum Gasteiger partial charge on any atom is 0.308 e. The normalized spacial score (nSPS) is 18.7. The predicted octanol–water partition coefficient (Wildman–Crippen LogP) is 2.17. The first-order valence-corrected chi connectivity index (χ1v) is 7.01. The Labute approximate surface area is 122 Å². The van der Waals surface area contributed by atoms with Gasteiger partial charge in [-0.15, -0.1) is 0 Å². The number of piperidine rings is 1. The van der Waals surface area contributed by atoms with Crippen LogP contribution in [0.3, 0.4) is 0 Å². The van der Waals surface area contributed by atoms with Gasteiger partial charge in [-0.25, -0.2) is 0 Å². The van der Waals surface area contributed by atoms with Crippen LogP contribution >= 0.6 is 0 Å². The Hall–Kier alpha value is -2.43. The van der Waals surface area contributed by atoms with Gasteiger partial charge in [0.1, 0.15) is 0 Å². The Morgan fingerprint density at radius 3 is 2.86 bits per heavy atom. The lowest BCUT2D eigenvalue weighted by Crippen LogP contribution is -2.42. The molecule has 1 amide bonds. The van der Waals surface area contributed by atoms with Gasteiger partial charge >= 0.3 is 5.97 Å². The van der Waals surface area contributed by atoms with Crippen molar-refractivity contribution in [2.75, 3.05) is 13.1 Å². The number of carbonyl (C=O) groups is 2. The molecule has 0 unspecified atom stereocenters. The van der Waals surface area contributed by atoms with Crippen molar-refractivity contribution in [3.63, 3.8) is 0 Å². The topological polar surface area (TPSA) is 70.5 Å². The lowest BCUT2D eigenvalue weighted by Gasteiger charge is -2.30. The molecule has 2 heterocycles. The van der Waals surface area contributed by atoms with Crippen molar-refractivity contribution in [3.05, 3.63) is 42.2 Å². The van der Waals surface area contributed by atoms with Crippen molar-refractivity contribution in [1.82, 2.24) is 9.88 Å². The molecule has 0 spiro atoms. The summed E-state index contributed by atoms with van der Waals surface area (Å²) >= 11 is 0. The van der Waals surface area contributed by atoms with E-state index in [1.165, 1.54) is 0 Å². The van der Waals surface area contributed by atoms with Gasteiger partial charge in [0.2, 0.25) is 0 Å². The molecular weight excluding hydrogens is 268 g/mol. The van der Waals surface area contributed by atoms with E-state index in [1.54, 1.807) is 17.3 Å². The monoisotopic (exact) mass is 284 g/mol. The Balaban J connectivity index is 1.92. The van der Waals surface area contributed by atoms with Gasteiger partial charge in [0.15, 0.2) is 0 Å². The average molecular weight is 284 g/mol. The van der Waals surface area contributed by atoms with Crippen LogP contribution in [0.15, 0.2) is 36.7 Å². The molecule has 1 fully saturated rings. The third-order valence-electron chi connectivity index (χ3n) is 3.96. The van der Waals surface area contributed by atoms with Gasteiger partial charge in [-0.3, -0.25) is 14.6 Å². The van der Waals surface area contributed by atoms with Crippen molar-refractivity contribution in [1.29, 1.82) is 0 Å². The summed E-state index contributed by atoms with van der Waals surface area (Å²) < 4.78 is 0. The lowest BCUT2D eigenvalue weighted by atomic mass is 9.97. The van der Waals surface area contributed by atoms with E-state index in [-0.39, 0.29) is 12.5 Å². The summed E-state index contributed by atoms with van der Waals surface area (Å²) in [5.74, 6) is -1.43. The number of carboxylic acid groups (broad SMARTS) is 1. The summed E-state index contributed by atoms with van der Waals surface area (Å²) in [6.07, 6.45) is 4.64. The summed E-state index contributed by atoms with van der Waals surface area (Å²) in [6, 6.07) is 7.59. The fourth-order valence-corrected chi connectivity index (χ4v) is 2.82. The molecule has 5 nitrogen and oxygen atoms in total. The molecule has 1 aliphatic heterocycles.